The quantitative estimate of drug-likeness (QED) is 0.798. The predicted octanol–water partition coefficient (Wildman–Crippen LogP) is 2.20. The number of esters is 1. The van der Waals surface area contributed by atoms with Crippen LogP contribution in [0.3, 0.4) is 0 Å². The van der Waals surface area contributed by atoms with Crippen molar-refractivity contribution in [2.75, 3.05) is 13.7 Å². The highest BCUT2D eigenvalue weighted by Gasteiger charge is 2.44. The van der Waals surface area contributed by atoms with Gasteiger partial charge in [-0.15, -0.1) is 0 Å². The lowest BCUT2D eigenvalue weighted by Crippen LogP contribution is -2.17. The van der Waals surface area contributed by atoms with Crippen LogP contribution in [0.15, 0.2) is 16.7 Å². The number of furan rings is 1. The number of rotatable bonds is 5. The maximum atomic E-state index is 11.2. The highest BCUT2D eigenvalue weighted by molar-refractivity contribution is 5.88. The third-order valence-electron chi connectivity index (χ3n) is 3.48. The summed E-state index contributed by atoms with van der Waals surface area (Å²) >= 11 is 0. The molecule has 0 aliphatic heterocycles. The summed E-state index contributed by atoms with van der Waals surface area (Å²) in [5.74, 6) is 1.17. The Morgan fingerprint density at radius 2 is 2.35 bits per heavy atom. The Bertz CT molecular complexity index is 409. The van der Waals surface area contributed by atoms with Gasteiger partial charge in [0.15, 0.2) is 0 Å². The van der Waals surface area contributed by atoms with Gasteiger partial charge in [0.25, 0.3) is 0 Å². The summed E-state index contributed by atoms with van der Waals surface area (Å²) in [6, 6.07) is 1.72. The second kappa shape index (κ2) is 4.53. The molecule has 1 aromatic rings. The van der Waals surface area contributed by atoms with E-state index in [1.165, 1.54) is 19.8 Å². The van der Waals surface area contributed by atoms with E-state index in [2.05, 4.69) is 23.9 Å². The maximum Gasteiger partial charge on any atom is 0.341 e. The number of carbonyl (C=O) groups is 1. The molecule has 0 spiro atoms. The van der Waals surface area contributed by atoms with Gasteiger partial charge in [-0.3, -0.25) is 0 Å². The maximum absolute atomic E-state index is 11.2. The van der Waals surface area contributed by atoms with Crippen molar-refractivity contribution in [1.82, 2.24) is 5.32 Å². The fourth-order valence-electron chi connectivity index (χ4n) is 1.99. The van der Waals surface area contributed by atoms with E-state index in [0.29, 0.717) is 17.5 Å². The zero-order valence-corrected chi connectivity index (χ0v) is 10.6. The SMILES string of the molecule is COC(=O)c1coc(CNCC2CC2(C)C)c1. The number of ether oxygens (including phenoxy) is 1. The summed E-state index contributed by atoms with van der Waals surface area (Å²) in [6.45, 7) is 6.22. The molecule has 1 fully saturated rings. The van der Waals surface area contributed by atoms with Crippen molar-refractivity contribution in [2.24, 2.45) is 11.3 Å². The van der Waals surface area contributed by atoms with Gasteiger partial charge in [0.05, 0.1) is 19.2 Å². The summed E-state index contributed by atoms with van der Waals surface area (Å²) in [5, 5.41) is 3.34. The molecule has 0 saturated heterocycles. The Kier molecular flexibility index (Phi) is 3.24. The normalized spacial score (nSPS) is 21.2. The van der Waals surface area contributed by atoms with E-state index in [9.17, 15) is 4.79 Å². The van der Waals surface area contributed by atoms with Gasteiger partial charge in [-0.1, -0.05) is 13.8 Å². The zero-order valence-electron chi connectivity index (χ0n) is 10.6. The van der Waals surface area contributed by atoms with Gasteiger partial charge < -0.3 is 14.5 Å². The van der Waals surface area contributed by atoms with Gasteiger partial charge in [-0.05, 0) is 30.4 Å². The van der Waals surface area contributed by atoms with Crippen LogP contribution in [0.4, 0.5) is 0 Å². The minimum atomic E-state index is -0.358. The lowest BCUT2D eigenvalue weighted by molar-refractivity contribution is 0.0600. The van der Waals surface area contributed by atoms with Crippen LogP contribution in [0.25, 0.3) is 0 Å². The number of hydrogen-bond acceptors (Lipinski definition) is 4. The average molecular weight is 237 g/mol. The highest BCUT2D eigenvalue weighted by Crippen LogP contribution is 2.50. The van der Waals surface area contributed by atoms with Gasteiger partial charge in [-0.25, -0.2) is 4.79 Å². The molecule has 0 amide bonds. The molecule has 1 atom stereocenters. The van der Waals surface area contributed by atoms with Crippen molar-refractivity contribution < 1.29 is 13.9 Å². The van der Waals surface area contributed by atoms with E-state index in [0.717, 1.165) is 18.2 Å². The first-order valence-corrected chi connectivity index (χ1v) is 5.89. The summed E-state index contributed by atoms with van der Waals surface area (Å²) in [6.07, 6.45) is 2.72. The van der Waals surface area contributed by atoms with Gasteiger partial charge in [0.1, 0.15) is 12.0 Å². The molecule has 1 aromatic heterocycles. The van der Waals surface area contributed by atoms with Crippen LogP contribution in [0.2, 0.25) is 0 Å². The lowest BCUT2D eigenvalue weighted by Gasteiger charge is -2.04. The first-order valence-electron chi connectivity index (χ1n) is 5.89. The Hall–Kier alpha value is -1.29. The summed E-state index contributed by atoms with van der Waals surface area (Å²) < 4.78 is 9.89. The topological polar surface area (TPSA) is 51.5 Å². The minimum Gasteiger partial charge on any atom is -0.467 e. The molecule has 2 rings (SSSR count). The van der Waals surface area contributed by atoms with Crippen LogP contribution in [-0.2, 0) is 11.3 Å². The largest absolute Gasteiger partial charge is 0.467 e. The van der Waals surface area contributed by atoms with Crippen LogP contribution in [0.1, 0.15) is 36.4 Å². The fraction of sp³-hybridized carbons (Fsp3) is 0.615. The zero-order chi connectivity index (χ0) is 12.5. The summed E-state index contributed by atoms with van der Waals surface area (Å²) in [7, 11) is 1.36. The van der Waals surface area contributed by atoms with Crippen molar-refractivity contribution >= 4 is 5.97 Å². The van der Waals surface area contributed by atoms with Crippen LogP contribution in [0.5, 0.6) is 0 Å². The number of nitrogens with one attached hydrogen (secondary N) is 1. The van der Waals surface area contributed by atoms with Crippen LogP contribution in [0, 0.1) is 11.3 Å². The molecule has 1 aliphatic rings. The molecular formula is C13H19NO3. The molecule has 4 heteroatoms. The molecular weight excluding hydrogens is 218 g/mol. The van der Waals surface area contributed by atoms with Crippen molar-refractivity contribution in [3.63, 3.8) is 0 Å². The molecule has 0 aromatic carbocycles. The molecule has 1 unspecified atom stereocenters. The van der Waals surface area contributed by atoms with Gasteiger partial charge in [-0.2, -0.15) is 0 Å². The lowest BCUT2D eigenvalue weighted by atomic mass is 10.1. The van der Waals surface area contributed by atoms with E-state index in [1.54, 1.807) is 6.07 Å². The van der Waals surface area contributed by atoms with Gasteiger partial charge in [0.2, 0.25) is 0 Å². The van der Waals surface area contributed by atoms with E-state index >= 15 is 0 Å². The van der Waals surface area contributed by atoms with Crippen LogP contribution < -0.4 is 5.32 Å². The van der Waals surface area contributed by atoms with Gasteiger partial charge in [0, 0.05) is 0 Å². The third-order valence-corrected chi connectivity index (χ3v) is 3.48. The number of methoxy groups -OCH3 is 1. The first-order chi connectivity index (χ1) is 8.03. The summed E-state index contributed by atoms with van der Waals surface area (Å²) in [4.78, 5) is 11.2. The van der Waals surface area contributed by atoms with Crippen molar-refractivity contribution in [1.29, 1.82) is 0 Å². The average Bonchev–Trinajstić information content (AvgIpc) is 2.73. The number of carbonyl (C=O) groups excluding carboxylic acids is 1. The molecule has 0 radical (unpaired) electrons. The van der Waals surface area contributed by atoms with Crippen LogP contribution >= 0.6 is 0 Å². The molecule has 1 saturated carbocycles. The van der Waals surface area contributed by atoms with Gasteiger partial charge >= 0.3 is 5.97 Å². The Labute approximate surface area is 101 Å². The minimum absolute atomic E-state index is 0.358. The summed E-state index contributed by atoms with van der Waals surface area (Å²) in [5.41, 5.74) is 0.962. The van der Waals surface area contributed by atoms with E-state index < -0.39 is 0 Å². The molecule has 4 nitrogen and oxygen atoms in total. The Morgan fingerprint density at radius 1 is 1.65 bits per heavy atom. The first kappa shape index (κ1) is 12.2. The molecule has 94 valence electrons. The molecule has 17 heavy (non-hydrogen) atoms. The van der Waals surface area contributed by atoms with Crippen LogP contribution in [-0.4, -0.2) is 19.6 Å². The van der Waals surface area contributed by atoms with Crippen molar-refractivity contribution in [3.05, 3.63) is 23.7 Å². The molecule has 1 aliphatic carbocycles. The van der Waals surface area contributed by atoms with E-state index in [-0.39, 0.29) is 5.97 Å². The number of hydrogen-bond donors (Lipinski definition) is 1. The van der Waals surface area contributed by atoms with Crippen molar-refractivity contribution in [2.45, 2.75) is 26.8 Å². The molecule has 1 heterocycles. The second-order valence-corrected chi connectivity index (χ2v) is 5.31. The van der Waals surface area contributed by atoms with Crippen molar-refractivity contribution in [3.8, 4) is 0 Å². The smallest absolute Gasteiger partial charge is 0.341 e. The van der Waals surface area contributed by atoms with E-state index in [1.807, 2.05) is 0 Å². The second-order valence-electron chi connectivity index (χ2n) is 5.31. The Morgan fingerprint density at radius 3 is 2.94 bits per heavy atom. The Balaban J connectivity index is 1.76. The predicted molar refractivity (Wildman–Crippen MR) is 63.6 cm³/mol. The molecule has 1 N–H and O–H groups in total. The highest BCUT2D eigenvalue weighted by atomic mass is 16.5. The van der Waals surface area contributed by atoms with E-state index in [4.69, 9.17) is 4.42 Å². The standard InChI is InChI=1S/C13H19NO3/c1-13(2)5-10(13)6-14-7-11-4-9(8-17-11)12(15)16-3/h4,8,10,14H,5-7H2,1-3H3. The molecule has 0 bridgehead atoms. The monoisotopic (exact) mass is 237 g/mol. The fourth-order valence-corrected chi connectivity index (χ4v) is 1.99. The third kappa shape index (κ3) is 2.88.